The maximum atomic E-state index is 12.1. The Hall–Kier alpha value is -0.840. The fourth-order valence-corrected chi connectivity index (χ4v) is 2.33. The van der Waals surface area contributed by atoms with Gasteiger partial charge in [0.1, 0.15) is 0 Å². The summed E-state index contributed by atoms with van der Waals surface area (Å²) < 4.78 is 1.80. The van der Waals surface area contributed by atoms with E-state index in [1.54, 1.807) is 12.1 Å². The van der Waals surface area contributed by atoms with E-state index in [2.05, 4.69) is 4.98 Å². The first-order valence-corrected chi connectivity index (χ1v) is 5.83. The van der Waals surface area contributed by atoms with E-state index in [4.69, 9.17) is 35.4 Å². The Morgan fingerprint density at radius 3 is 2.62 bits per heavy atom. The van der Waals surface area contributed by atoms with Crippen LogP contribution in [0, 0.1) is 4.77 Å². The zero-order valence-electron chi connectivity index (χ0n) is 8.38. The van der Waals surface area contributed by atoms with Crippen LogP contribution in [0.2, 0.25) is 10.0 Å². The van der Waals surface area contributed by atoms with E-state index in [-0.39, 0.29) is 5.56 Å². The first-order chi connectivity index (χ1) is 7.56. The van der Waals surface area contributed by atoms with Crippen LogP contribution >= 0.6 is 35.4 Å². The number of rotatable bonds is 1. The number of fused-ring (bicyclic) bond motifs is 1. The van der Waals surface area contributed by atoms with Crippen LogP contribution in [0.25, 0.3) is 10.9 Å². The van der Waals surface area contributed by atoms with Gasteiger partial charge in [-0.05, 0) is 31.3 Å². The molecule has 0 aliphatic heterocycles. The van der Waals surface area contributed by atoms with E-state index in [9.17, 15) is 4.79 Å². The molecular weight excluding hydrogens is 267 g/mol. The summed E-state index contributed by atoms with van der Waals surface area (Å²) in [7, 11) is 0. The minimum absolute atomic E-state index is 0.214. The fraction of sp³-hybridized carbons (Fsp3) is 0.200. The molecular formula is C10H8Cl2N2OS. The molecule has 1 heterocycles. The molecule has 6 heteroatoms. The molecule has 0 unspecified atom stereocenters. The summed E-state index contributed by atoms with van der Waals surface area (Å²) in [6.45, 7) is 2.34. The topological polar surface area (TPSA) is 37.8 Å². The van der Waals surface area contributed by atoms with Gasteiger partial charge in [-0.25, -0.2) is 0 Å². The Kier molecular flexibility index (Phi) is 3.06. The van der Waals surface area contributed by atoms with Crippen LogP contribution in [0.5, 0.6) is 0 Å². The van der Waals surface area contributed by atoms with E-state index in [1.165, 1.54) is 4.57 Å². The summed E-state index contributed by atoms with van der Waals surface area (Å²) in [5.74, 6) is 0. The second-order valence-corrected chi connectivity index (χ2v) is 4.46. The highest BCUT2D eigenvalue weighted by molar-refractivity contribution is 7.71. The molecule has 0 radical (unpaired) electrons. The molecule has 1 aromatic carbocycles. The van der Waals surface area contributed by atoms with Crippen LogP contribution in [-0.4, -0.2) is 9.55 Å². The lowest BCUT2D eigenvalue weighted by molar-refractivity contribution is 0.705. The predicted octanol–water partition coefficient (Wildman–Crippen LogP) is 3.39. The quantitative estimate of drug-likeness (QED) is 0.810. The second-order valence-electron chi connectivity index (χ2n) is 3.26. The average molecular weight is 275 g/mol. The molecule has 0 atom stereocenters. The van der Waals surface area contributed by atoms with Gasteiger partial charge in [-0.2, -0.15) is 0 Å². The molecule has 2 aromatic rings. The zero-order valence-corrected chi connectivity index (χ0v) is 10.7. The lowest BCUT2D eigenvalue weighted by Crippen LogP contribution is -2.21. The summed E-state index contributed by atoms with van der Waals surface area (Å²) in [6.07, 6.45) is 0. The molecule has 0 bridgehead atoms. The number of H-pyrrole nitrogens is 1. The average Bonchev–Trinajstić information content (AvgIpc) is 2.24. The highest BCUT2D eigenvalue weighted by atomic mass is 35.5. The van der Waals surface area contributed by atoms with Gasteiger partial charge in [0.05, 0.1) is 20.9 Å². The summed E-state index contributed by atoms with van der Waals surface area (Å²) in [5.41, 5.74) is 0.280. The lowest BCUT2D eigenvalue weighted by Gasteiger charge is -2.07. The molecule has 0 fully saturated rings. The SMILES string of the molecule is CCn1c(=S)[nH]c2c(Cl)ccc(Cl)c2c1=O. The van der Waals surface area contributed by atoms with Crippen molar-refractivity contribution in [2.24, 2.45) is 0 Å². The van der Waals surface area contributed by atoms with Gasteiger partial charge in [0.25, 0.3) is 5.56 Å². The van der Waals surface area contributed by atoms with Gasteiger partial charge >= 0.3 is 0 Å². The van der Waals surface area contributed by atoms with Crippen molar-refractivity contribution >= 4 is 46.3 Å². The van der Waals surface area contributed by atoms with Crippen molar-refractivity contribution < 1.29 is 0 Å². The number of benzene rings is 1. The van der Waals surface area contributed by atoms with Crippen molar-refractivity contribution in [2.75, 3.05) is 0 Å². The number of hydrogen-bond acceptors (Lipinski definition) is 2. The molecule has 84 valence electrons. The Morgan fingerprint density at radius 1 is 1.38 bits per heavy atom. The Balaban J connectivity index is 3.11. The van der Waals surface area contributed by atoms with Crippen molar-refractivity contribution in [3.05, 3.63) is 37.3 Å². The summed E-state index contributed by atoms with van der Waals surface area (Å²) >= 11 is 17.0. The van der Waals surface area contributed by atoms with Crippen molar-refractivity contribution in [2.45, 2.75) is 13.5 Å². The third kappa shape index (κ3) is 1.67. The van der Waals surface area contributed by atoms with E-state index in [0.717, 1.165) is 0 Å². The van der Waals surface area contributed by atoms with Crippen LogP contribution < -0.4 is 5.56 Å². The van der Waals surface area contributed by atoms with Gasteiger partial charge in [0, 0.05) is 6.54 Å². The largest absolute Gasteiger partial charge is 0.330 e. The molecule has 0 saturated heterocycles. The Morgan fingerprint density at radius 2 is 2.00 bits per heavy atom. The van der Waals surface area contributed by atoms with Gasteiger partial charge < -0.3 is 4.98 Å². The molecule has 0 amide bonds. The summed E-state index contributed by atoms with van der Waals surface area (Å²) in [5, 5.41) is 1.19. The molecule has 3 nitrogen and oxygen atoms in total. The summed E-state index contributed by atoms with van der Waals surface area (Å²) in [4.78, 5) is 15.0. The molecule has 1 N–H and O–H groups in total. The van der Waals surface area contributed by atoms with E-state index in [0.29, 0.717) is 32.3 Å². The van der Waals surface area contributed by atoms with Crippen molar-refractivity contribution in [1.82, 2.24) is 9.55 Å². The van der Waals surface area contributed by atoms with Gasteiger partial charge in [-0.15, -0.1) is 0 Å². The summed E-state index contributed by atoms with van der Waals surface area (Å²) in [6, 6.07) is 3.23. The van der Waals surface area contributed by atoms with Gasteiger partial charge in [-0.1, -0.05) is 23.2 Å². The van der Waals surface area contributed by atoms with E-state index >= 15 is 0 Å². The fourth-order valence-electron chi connectivity index (χ4n) is 1.57. The van der Waals surface area contributed by atoms with Crippen LogP contribution in [0.1, 0.15) is 6.92 Å². The van der Waals surface area contributed by atoms with Crippen molar-refractivity contribution in [3.63, 3.8) is 0 Å². The van der Waals surface area contributed by atoms with Gasteiger partial charge in [-0.3, -0.25) is 9.36 Å². The van der Waals surface area contributed by atoms with Crippen LogP contribution in [-0.2, 0) is 6.54 Å². The smallest absolute Gasteiger partial charge is 0.263 e. The molecule has 0 aliphatic carbocycles. The number of aromatic amines is 1. The molecule has 0 aliphatic rings. The third-order valence-electron chi connectivity index (χ3n) is 2.36. The van der Waals surface area contributed by atoms with E-state index in [1.807, 2.05) is 6.92 Å². The molecule has 0 saturated carbocycles. The van der Waals surface area contributed by atoms with Crippen molar-refractivity contribution in [3.8, 4) is 0 Å². The van der Waals surface area contributed by atoms with Crippen LogP contribution in [0.4, 0.5) is 0 Å². The minimum Gasteiger partial charge on any atom is -0.330 e. The zero-order chi connectivity index (χ0) is 11.9. The number of hydrogen-bond donors (Lipinski definition) is 1. The normalized spacial score (nSPS) is 10.9. The number of nitrogens with zero attached hydrogens (tertiary/aromatic N) is 1. The lowest BCUT2D eigenvalue weighted by atomic mass is 10.2. The monoisotopic (exact) mass is 274 g/mol. The molecule has 1 aromatic heterocycles. The number of halogens is 2. The van der Waals surface area contributed by atoms with E-state index < -0.39 is 0 Å². The van der Waals surface area contributed by atoms with Gasteiger partial charge in [0.15, 0.2) is 4.77 Å². The number of nitrogens with one attached hydrogen (secondary N) is 1. The molecule has 2 rings (SSSR count). The van der Waals surface area contributed by atoms with Gasteiger partial charge in [0.2, 0.25) is 0 Å². The maximum Gasteiger partial charge on any atom is 0.263 e. The first kappa shape index (κ1) is 11.6. The molecule has 0 spiro atoms. The van der Waals surface area contributed by atoms with Crippen molar-refractivity contribution in [1.29, 1.82) is 0 Å². The third-order valence-corrected chi connectivity index (χ3v) is 3.31. The Bertz CT molecular complexity index is 675. The minimum atomic E-state index is -0.214. The van der Waals surface area contributed by atoms with Crippen LogP contribution in [0.15, 0.2) is 16.9 Å². The number of aromatic nitrogens is 2. The first-order valence-electron chi connectivity index (χ1n) is 4.67. The predicted molar refractivity (Wildman–Crippen MR) is 69.1 cm³/mol. The highest BCUT2D eigenvalue weighted by Gasteiger charge is 2.10. The Labute approximate surface area is 107 Å². The second kappa shape index (κ2) is 4.20. The highest BCUT2D eigenvalue weighted by Crippen LogP contribution is 2.25. The maximum absolute atomic E-state index is 12.1. The molecule has 16 heavy (non-hydrogen) atoms. The van der Waals surface area contributed by atoms with Crippen LogP contribution in [0.3, 0.4) is 0 Å². The standard InChI is InChI=1S/C10H8Cl2N2OS/c1-2-14-9(15)7-5(11)3-4-6(12)8(7)13-10(14)16/h3-4H,2H2,1H3,(H,13,16).